The quantitative estimate of drug-likeness (QED) is 0.759. The fourth-order valence-corrected chi connectivity index (χ4v) is 3.20. The number of pyridine rings is 2. The predicted octanol–water partition coefficient (Wildman–Crippen LogP) is 3.68. The second-order valence-electron chi connectivity index (χ2n) is 4.98. The molecule has 0 unspecified atom stereocenters. The summed E-state index contributed by atoms with van der Waals surface area (Å²) in [7, 11) is 0. The van der Waals surface area contributed by atoms with E-state index in [1.807, 2.05) is 24.8 Å². The molecule has 0 N–H and O–H groups in total. The van der Waals surface area contributed by atoms with Crippen molar-refractivity contribution < 1.29 is 0 Å². The molecule has 0 atom stereocenters. The molecule has 2 aromatic rings. The van der Waals surface area contributed by atoms with Gasteiger partial charge in [0.15, 0.2) is 5.65 Å². The zero-order chi connectivity index (χ0) is 14.5. The third kappa shape index (κ3) is 3.70. The van der Waals surface area contributed by atoms with Crippen LogP contribution in [-0.4, -0.2) is 40.3 Å². The van der Waals surface area contributed by atoms with Crippen molar-refractivity contribution in [1.29, 1.82) is 0 Å². The molecular weight excluding hydrogens is 266 g/mol. The van der Waals surface area contributed by atoms with Crippen LogP contribution in [0.1, 0.15) is 25.1 Å². The van der Waals surface area contributed by atoms with Gasteiger partial charge in [-0.2, -0.15) is 0 Å². The summed E-state index contributed by atoms with van der Waals surface area (Å²) in [6.45, 7) is 11.9. The van der Waals surface area contributed by atoms with Crippen LogP contribution in [0.25, 0.3) is 11.0 Å². The average molecular weight is 289 g/mol. The van der Waals surface area contributed by atoms with E-state index >= 15 is 0 Å². The van der Waals surface area contributed by atoms with Crippen LogP contribution in [-0.2, 0) is 0 Å². The monoisotopic (exact) mass is 289 g/mol. The van der Waals surface area contributed by atoms with Gasteiger partial charge < -0.3 is 4.90 Å². The number of hydrogen-bond acceptors (Lipinski definition) is 4. The van der Waals surface area contributed by atoms with Gasteiger partial charge in [-0.25, -0.2) is 9.97 Å². The van der Waals surface area contributed by atoms with Gasteiger partial charge in [0, 0.05) is 23.4 Å². The first-order chi connectivity index (χ1) is 9.63. The van der Waals surface area contributed by atoms with Crippen molar-refractivity contribution in [3.8, 4) is 0 Å². The Kier molecular flexibility index (Phi) is 5.38. The van der Waals surface area contributed by atoms with E-state index in [-0.39, 0.29) is 0 Å². The normalized spacial score (nSPS) is 11.4. The van der Waals surface area contributed by atoms with E-state index in [2.05, 4.69) is 47.8 Å². The highest BCUT2D eigenvalue weighted by molar-refractivity contribution is 7.99. The lowest BCUT2D eigenvalue weighted by Gasteiger charge is -2.17. The van der Waals surface area contributed by atoms with Crippen molar-refractivity contribution >= 4 is 22.8 Å². The number of fused-ring (bicyclic) bond motifs is 1. The summed E-state index contributed by atoms with van der Waals surface area (Å²) in [5.74, 6) is 1.07. The van der Waals surface area contributed by atoms with E-state index in [0.717, 1.165) is 47.1 Å². The third-order valence-electron chi connectivity index (χ3n) is 3.55. The molecule has 0 bridgehead atoms. The molecule has 0 saturated heterocycles. The predicted molar refractivity (Wildman–Crippen MR) is 87.5 cm³/mol. The number of thioether (sulfide) groups is 1. The summed E-state index contributed by atoms with van der Waals surface area (Å²) in [5, 5.41) is 2.24. The number of aromatic nitrogens is 2. The van der Waals surface area contributed by atoms with Crippen LogP contribution in [0.2, 0.25) is 0 Å². The van der Waals surface area contributed by atoms with Crippen LogP contribution < -0.4 is 0 Å². The molecule has 0 amide bonds. The number of hydrogen-bond donors (Lipinski definition) is 0. The van der Waals surface area contributed by atoms with Gasteiger partial charge in [0.25, 0.3) is 0 Å². The largest absolute Gasteiger partial charge is 0.303 e. The number of aryl methyl sites for hydroxylation is 2. The molecule has 20 heavy (non-hydrogen) atoms. The summed E-state index contributed by atoms with van der Waals surface area (Å²) >= 11 is 1.82. The smallest absolute Gasteiger partial charge is 0.160 e. The summed E-state index contributed by atoms with van der Waals surface area (Å²) in [6.07, 6.45) is 0. The Morgan fingerprint density at radius 2 is 1.85 bits per heavy atom. The van der Waals surface area contributed by atoms with E-state index < -0.39 is 0 Å². The summed E-state index contributed by atoms with van der Waals surface area (Å²) in [4.78, 5) is 11.7. The first kappa shape index (κ1) is 15.3. The molecule has 2 heterocycles. The Labute approximate surface area is 125 Å². The first-order valence-corrected chi connectivity index (χ1v) is 8.22. The van der Waals surface area contributed by atoms with Crippen molar-refractivity contribution in [2.45, 2.75) is 32.7 Å². The van der Waals surface area contributed by atoms with Gasteiger partial charge in [-0.1, -0.05) is 13.8 Å². The van der Waals surface area contributed by atoms with Gasteiger partial charge in [0.1, 0.15) is 0 Å². The zero-order valence-corrected chi connectivity index (χ0v) is 13.6. The van der Waals surface area contributed by atoms with Crippen LogP contribution >= 0.6 is 11.8 Å². The maximum Gasteiger partial charge on any atom is 0.160 e. The standard InChI is InChI=1S/C16H23N3S/c1-5-19(6-2)9-10-20-15-11-12(3)14-8-7-13(4)17-16(14)18-15/h7-8,11H,5-6,9-10H2,1-4H3. The Morgan fingerprint density at radius 1 is 1.10 bits per heavy atom. The molecule has 3 nitrogen and oxygen atoms in total. The van der Waals surface area contributed by atoms with Crippen molar-refractivity contribution in [3.63, 3.8) is 0 Å². The molecule has 0 fully saturated rings. The van der Waals surface area contributed by atoms with Crippen LogP contribution in [0.3, 0.4) is 0 Å². The van der Waals surface area contributed by atoms with Crippen molar-refractivity contribution in [2.75, 3.05) is 25.4 Å². The van der Waals surface area contributed by atoms with E-state index in [9.17, 15) is 0 Å². The highest BCUT2D eigenvalue weighted by Gasteiger charge is 2.06. The molecule has 0 aliphatic rings. The van der Waals surface area contributed by atoms with E-state index in [4.69, 9.17) is 0 Å². The Morgan fingerprint density at radius 3 is 2.55 bits per heavy atom. The SMILES string of the molecule is CCN(CC)CCSc1cc(C)c2ccc(C)nc2n1. The lowest BCUT2D eigenvalue weighted by atomic mass is 10.2. The molecule has 4 heteroatoms. The second kappa shape index (κ2) is 7.04. The van der Waals surface area contributed by atoms with Gasteiger partial charge in [-0.05, 0) is 50.7 Å². The first-order valence-electron chi connectivity index (χ1n) is 7.24. The summed E-state index contributed by atoms with van der Waals surface area (Å²) in [6, 6.07) is 6.33. The minimum Gasteiger partial charge on any atom is -0.303 e. The average Bonchev–Trinajstić information content (AvgIpc) is 2.43. The zero-order valence-electron chi connectivity index (χ0n) is 12.8. The van der Waals surface area contributed by atoms with Crippen LogP contribution in [0.5, 0.6) is 0 Å². The van der Waals surface area contributed by atoms with Crippen LogP contribution in [0.15, 0.2) is 23.2 Å². The highest BCUT2D eigenvalue weighted by atomic mass is 32.2. The Hall–Kier alpha value is -1.13. The molecule has 0 aliphatic carbocycles. The molecule has 0 aromatic carbocycles. The van der Waals surface area contributed by atoms with Crippen molar-refractivity contribution in [1.82, 2.24) is 14.9 Å². The topological polar surface area (TPSA) is 29.0 Å². The lowest BCUT2D eigenvalue weighted by Crippen LogP contribution is -2.25. The summed E-state index contributed by atoms with van der Waals surface area (Å²) in [5.41, 5.74) is 3.15. The van der Waals surface area contributed by atoms with Gasteiger partial charge in [0.05, 0.1) is 5.03 Å². The van der Waals surface area contributed by atoms with Crippen molar-refractivity contribution in [2.24, 2.45) is 0 Å². The third-order valence-corrected chi connectivity index (χ3v) is 4.44. The van der Waals surface area contributed by atoms with Crippen molar-refractivity contribution in [3.05, 3.63) is 29.5 Å². The van der Waals surface area contributed by atoms with Crippen LogP contribution in [0, 0.1) is 13.8 Å². The molecule has 0 saturated carbocycles. The van der Waals surface area contributed by atoms with E-state index in [0.29, 0.717) is 0 Å². The minimum absolute atomic E-state index is 0.871. The maximum atomic E-state index is 4.68. The van der Waals surface area contributed by atoms with E-state index in [1.54, 1.807) is 0 Å². The molecule has 0 aliphatic heterocycles. The van der Waals surface area contributed by atoms with E-state index in [1.165, 1.54) is 5.56 Å². The highest BCUT2D eigenvalue weighted by Crippen LogP contribution is 2.22. The fraction of sp³-hybridized carbons (Fsp3) is 0.500. The molecule has 2 aromatic heterocycles. The van der Waals surface area contributed by atoms with Gasteiger partial charge in [-0.15, -0.1) is 11.8 Å². The number of rotatable bonds is 6. The molecule has 108 valence electrons. The number of nitrogens with zero attached hydrogens (tertiary/aromatic N) is 3. The lowest BCUT2D eigenvalue weighted by molar-refractivity contribution is 0.324. The second-order valence-corrected chi connectivity index (χ2v) is 6.09. The van der Waals surface area contributed by atoms with Gasteiger partial charge in [0.2, 0.25) is 0 Å². The maximum absolute atomic E-state index is 4.68. The van der Waals surface area contributed by atoms with Crippen LogP contribution in [0.4, 0.5) is 0 Å². The van der Waals surface area contributed by atoms with Gasteiger partial charge >= 0.3 is 0 Å². The molecule has 0 spiro atoms. The van der Waals surface area contributed by atoms with Gasteiger partial charge in [-0.3, -0.25) is 0 Å². The minimum atomic E-state index is 0.871. The fourth-order valence-electron chi connectivity index (χ4n) is 2.23. The molecular formula is C16H23N3S. The summed E-state index contributed by atoms with van der Waals surface area (Å²) < 4.78 is 0. The Bertz CT molecular complexity index is 579. The molecule has 2 rings (SSSR count). The Balaban J connectivity index is 2.11. The molecule has 0 radical (unpaired) electrons.